The van der Waals surface area contributed by atoms with Gasteiger partial charge in [-0.1, -0.05) is 6.58 Å². The fraction of sp³-hybridized carbons (Fsp3) is 0.571. The summed E-state index contributed by atoms with van der Waals surface area (Å²) in [5.41, 5.74) is 2.13. The Balaban J connectivity index is 3.25. The average Bonchev–Trinajstić information content (AvgIpc) is 1.97. The van der Waals surface area contributed by atoms with Gasteiger partial charge < -0.3 is 5.32 Å². The topological polar surface area (TPSA) is 71.7 Å². The van der Waals surface area contributed by atoms with Crippen LogP contribution in [0.4, 0.5) is 0 Å². The van der Waals surface area contributed by atoms with Crippen molar-refractivity contribution in [1.82, 2.24) is 5.32 Å². The van der Waals surface area contributed by atoms with Crippen molar-refractivity contribution in [2.75, 3.05) is 13.1 Å². The van der Waals surface area contributed by atoms with Crippen molar-refractivity contribution in [3.05, 3.63) is 12.2 Å². The van der Waals surface area contributed by atoms with E-state index >= 15 is 0 Å². The number of quaternary nitrogens is 1. The lowest BCUT2D eigenvalue weighted by atomic mass is 10.3. The minimum atomic E-state index is -0.0815. The molecule has 0 rings (SSSR count). The van der Waals surface area contributed by atoms with Gasteiger partial charge in [0.15, 0.2) is 0 Å². The molecule has 1 amide bonds. The Labute approximate surface area is 66.8 Å². The highest BCUT2D eigenvalue weighted by molar-refractivity contribution is 5.91. The van der Waals surface area contributed by atoms with Crippen molar-refractivity contribution in [2.45, 2.75) is 13.3 Å². The molecule has 0 saturated heterocycles. The summed E-state index contributed by atoms with van der Waals surface area (Å²) >= 11 is 0. The zero-order chi connectivity index (χ0) is 8.69. The van der Waals surface area contributed by atoms with E-state index in [1.165, 1.54) is 0 Å². The van der Waals surface area contributed by atoms with E-state index in [0.29, 0.717) is 12.1 Å². The minimum absolute atomic E-state index is 0.0815. The third-order valence-corrected chi connectivity index (χ3v) is 1.22. The summed E-state index contributed by atoms with van der Waals surface area (Å²) in [6.07, 6.45) is 0.884. The number of nitrogens with one attached hydrogen (secondary N) is 1. The summed E-state index contributed by atoms with van der Waals surface area (Å²) in [5, 5.41) is 2.70. The van der Waals surface area contributed by atoms with Gasteiger partial charge in [-0.15, -0.1) is 0 Å². The number of carbonyl (C=O) groups is 1. The molecule has 0 aliphatic rings. The van der Waals surface area contributed by atoms with Crippen LogP contribution in [0.3, 0.4) is 0 Å². The molecule has 0 unspecified atom stereocenters. The Hall–Kier alpha value is -0.870. The summed E-state index contributed by atoms with van der Waals surface area (Å²) in [6.45, 7) is 6.69. The molecule has 0 fully saturated rings. The first-order valence-electron chi connectivity index (χ1n) is 3.65. The van der Waals surface area contributed by atoms with E-state index in [2.05, 4.69) is 11.9 Å². The van der Waals surface area contributed by atoms with Crippen molar-refractivity contribution in [1.29, 1.82) is 0 Å². The Kier molecular flexibility index (Phi) is 5.42. The molecule has 0 heterocycles. The van der Waals surface area contributed by atoms with Gasteiger partial charge in [-0.3, -0.25) is 10.2 Å². The average molecular weight is 158 g/mol. The zero-order valence-corrected chi connectivity index (χ0v) is 6.89. The van der Waals surface area contributed by atoms with E-state index in [0.717, 1.165) is 13.0 Å². The zero-order valence-electron chi connectivity index (χ0n) is 6.89. The van der Waals surface area contributed by atoms with Crippen LogP contribution in [-0.4, -0.2) is 19.0 Å². The smallest absolute Gasteiger partial charge is 0.246 e. The van der Waals surface area contributed by atoms with E-state index in [-0.39, 0.29) is 5.91 Å². The monoisotopic (exact) mass is 158 g/mol. The van der Waals surface area contributed by atoms with Crippen LogP contribution < -0.4 is 16.6 Å². The quantitative estimate of drug-likeness (QED) is 0.197. The molecule has 0 aromatic heterocycles. The first kappa shape index (κ1) is 10.1. The number of rotatable bonds is 5. The predicted octanol–water partition coefficient (Wildman–Crippen LogP) is -1.49. The Bertz CT molecular complexity index is 145. The standard InChI is InChI=1S/C7H15N3O/c1-6(2)7(11)9-4-3-5-10-8/h10H,1,3-5,8H2,2H3,(H,9,11)/p+1. The van der Waals surface area contributed by atoms with Gasteiger partial charge in [0.25, 0.3) is 0 Å². The van der Waals surface area contributed by atoms with Gasteiger partial charge in [-0.25, -0.2) is 0 Å². The minimum Gasteiger partial charge on any atom is -0.352 e. The van der Waals surface area contributed by atoms with Gasteiger partial charge >= 0.3 is 0 Å². The molecular formula is C7H16N3O+. The second-order valence-electron chi connectivity index (χ2n) is 2.41. The van der Waals surface area contributed by atoms with Crippen LogP contribution in [0.5, 0.6) is 0 Å². The molecule has 0 saturated carbocycles. The molecule has 0 aromatic rings. The van der Waals surface area contributed by atoms with Crippen LogP contribution in [0.25, 0.3) is 0 Å². The lowest BCUT2D eigenvalue weighted by Crippen LogP contribution is -2.91. The van der Waals surface area contributed by atoms with Gasteiger partial charge in [0.2, 0.25) is 5.91 Å². The van der Waals surface area contributed by atoms with E-state index in [1.807, 2.05) is 0 Å². The Morgan fingerprint density at radius 1 is 1.73 bits per heavy atom. The summed E-state index contributed by atoms with van der Waals surface area (Å²) < 4.78 is 0. The lowest BCUT2D eigenvalue weighted by molar-refractivity contribution is -0.667. The van der Waals surface area contributed by atoms with Gasteiger partial charge in [-0.2, -0.15) is 5.84 Å². The summed E-state index contributed by atoms with van der Waals surface area (Å²) in [6, 6.07) is 0. The first-order valence-corrected chi connectivity index (χ1v) is 3.65. The number of hydrogen-bond acceptors (Lipinski definition) is 2. The van der Waals surface area contributed by atoms with E-state index in [1.54, 1.807) is 12.3 Å². The van der Waals surface area contributed by atoms with Crippen molar-refractivity contribution in [3.8, 4) is 0 Å². The Morgan fingerprint density at radius 3 is 2.82 bits per heavy atom. The molecular weight excluding hydrogens is 142 g/mol. The second-order valence-corrected chi connectivity index (χ2v) is 2.41. The van der Waals surface area contributed by atoms with Crippen molar-refractivity contribution in [3.63, 3.8) is 0 Å². The van der Waals surface area contributed by atoms with Crippen molar-refractivity contribution in [2.24, 2.45) is 5.84 Å². The van der Waals surface area contributed by atoms with E-state index in [9.17, 15) is 4.79 Å². The van der Waals surface area contributed by atoms with Crippen LogP contribution in [0.2, 0.25) is 0 Å². The molecule has 0 bridgehead atoms. The third kappa shape index (κ3) is 5.57. The maximum Gasteiger partial charge on any atom is 0.246 e. The third-order valence-electron chi connectivity index (χ3n) is 1.22. The molecule has 0 spiro atoms. The van der Waals surface area contributed by atoms with Gasteiger partial charge in [0.05, 0.1) is 6.54 Å². The number of hydrogen-bond donors (Lipinski definition) is 3. The maximum atomic E-state index is 10.9. The van der Waals surface area contributed by atoms with Crippen LogP contribution in [0, 0.1) is 0 Å². The number of carbonyl (C=O) groups excluding carboxylic acids is 1. The van der Waals surface area contributed by atoms with Crippen LogP contribution in [-0.2, 0) is 4.79 Å². The molecule has 11 heavy (non-hydrogen) atoms. The SMILES string of the molecule is C=C(C)C(=O)NCCC[NH2+]N. The fourth-order valence-electron chi connectivity index (χ4n) is 0.573. The van der Waals surface area contributed by atoms with Crippen molar-refractivity contribution < 1.29 is 10.2 Å². The predicted molar refractivity (Wildman–Crippen MR) is 43.4 cm³/mol. The lowest BCUT2D eigenvalue weighted by Gasteiger charge is -2.01. The highest BCUT2D eigenvalue weighted by Gasteiger charge is 1.98. The van der Waals surface area contributed by atoms with Gasteiger partial charge in [-0.05, 0) is 6.92 Å². The summed E-state index contributed by atoms with van der Waals surface area (Å²) in [5.74, 6) is 5.07. The molecule has 0 aliphatic carbocycles. The normalized spacial score (nSPS) is 9.27. The van der Waals surface area contributed by atoms with Crippen molar-refractivity contribution >= 4 is 5.91 Å². The maximum absolute atomic E-state index is 10.9. The van der Waals surface area contributed by atoms with Crippen LogP contribution in [0.15, 0.2) is 12.2 Å². The van der Waals surface area contributed by atoms with Gasteiger partial charge in [0.1, 0.15) is 0 Å². The highest BCUT2D eigenvalue weighted by atomic mass is 16.1. The second kappa shape index (κ2) is 5.88. The molecule has 0 aromatic carbocycles. The fourth-order valence-corrected chi connectivity index (χ4v) is 0.573. The largest absolute Gasteiger partial charge is 0.352 e. The Morgan fingerprint density at radius 2 is 2.36 bits per heavy atom. The van der Waals surface area contributed by atoms with E-state index < -0.39 is 0 Å². The van der Waals surface area contributed by atoms with Crippen LogP contribution in [0.1, 0.15) is 13.3 Å². The van der Waals surface area contributed by atoms with E-state index in [4.69, 9.17) is 5.84 Å². The molecule has 64 valence electrons. The molecule has 0 atom stereocenters. The summed E-state index contributed by atoms with van der Waals surface area (Å²) in [7, 11) is 0. The molecule has 0 radical (unpaired) electrons. The number of nitrogens with two attached hydrogens (primary N) is 2. The molecule has 0 aliphatic heterocycles. The number of amides is 1. The molecule has 4 heteroatoms. The van der Waals surface area contributed by atoms with Crippen LogP contribution >= 0.6 is 0 Å². The summed E-state index contributed by atoms with van der Waals surface area (Å²) in [4.78, 5) is 10.9. The first-order chi connectivity index (χ1) is 5.18. The van der Waals surface area contributed by atoms with Gasteiger partial charge in [0, 0.05) is 18.5 Å². The molecule has 5 N–H and O–H groups in total. The molecule has 4 nitrogen and oxygen atoms in total. The highest BCUT2D eigenvalue weighted by Crippen LogP contribution is 1.84.